The van der Waals surface area contributed by atoms with Crippen LogP contribution in [0.2, 0.25) is 0 Å². The Balaban J connectivity index is 2.21. The molecule has 0 aliphatic carbocycles. The van der Waals surface area contributed by atoms with E-state index in [9.17, 15) is 0 Å². The number of hydrogen-bond acceptors (Lipinski definition) is 4. The van der Waals surface area contributed by atoms with E-state index in [1.54, 1.807) is 0 Å². The number of hydrogen-bond donors (Lipinski definition) is 1. The molecule has 0 aliphatic rings. The molecule has 0 aliphatic heterocycles. The van der Waals surface area contributed by atoms with Crippen LogP contribution in [-0.2, 0) is 12.1 Å². The first-order valence-corrected chi connectivity index (χ1v) is 7.13. The highest BCUT2D eigenvalue weighted by atomic mass is 15.4. The molecule has 0 fully saturated rings. The van der Waals surface area contributed by atoms with Crippen LogP contribution in [0.3, 0.4) is 0 Å². The summed E-state index contributed by atoms with van der Waals surface area (Å²) >= 11 is 0. The van der Waals surface area contributed by atoms with Crippen LogP contribution in [0.25, 0.3) is 0 Å². The Hall–Kier alpha value is -0.940. The Bertz CT molecular complexity index is 364. The normalized spacial score (nSPS) is 12.6. The lowest BCUT2D eigenvalue weighted by Crippen LogP contribution is -2.29. The molecular weight excluding hydrogens is 238 g/mol. The van der Waals surface area contributed by atoms with Gasteiger partial charge in [0.2, 0.25) is 0 Å². The second-order valence-electron chi connectivity index (χ2n) is 6.43. The molecule has 5 heteroatoms. The van der Waals surface area contributed by atoms with E-state index in [-0.39, 0.29) is 5.54 Å². The number of nitrogens with zero attached hydrogens (tertiary/aromatic N) is 4. The largest absolute Gasteiger partial charge is 0.311 e. The van der Waals surface area contributed by atoms with Crippen molar-refractivity contribution < 1.29 is 0 Å². The summed E-state index contributed by atoms with van der Waals surface area (Å²) in [4.78, 5) is 2.36. The first kappa shape index (κ1) is 16.1. The fourth-order valence-corrected chi connectivity index (χ4v) is 1.64. The molecule has 0 amide bonds. The van der Waals surface area contributed by atoms with Gasteiger partial charge in [-0.2, -0.15) is 0 Å². The van der Waals surface area contributed by atoms with E-state index < -0.39 is 0 Å². The molecule has 1 rings (SSSR count). The van der Waals surface area contributed by atoms with Crippen LogP contribution in [0.1, 0.15) is 46.7 Å². The molecule has 1 aromatic rings. The van der Waals surface area contributed by atoms with Crippen LogP contribution in [0, 0.1) is 0 Å². The van der Waals surface area contributed by atoms with E-state index >= 15 is 0 Å². The molecule has 1 N–H and O–H groups in total. The summed E-state index contributed by atoms with van der Waals surface area (Å²) in [6.45, 7) is 13.7. The maximum Gasteiger partial charge on any atom is 0.0965 e. The van der Waals surface area contributed by atoms with Crippen molar-refractivity contribution >= 4 is 0 Å². The lowest BCUT2D eigenvalue weighted by molar-refractivity contribution is 0.269. The lowest BCUT2D eigenvalue weighted by Gasteiger charge is -2.20. The van der Waals surface area contributed by atoms with Crippen LogP contribution < -0.4 is 5.32 Å². The second kappa shape index (κ2) is 7.01. The monoisotopic (exact) mass is 267 g/mol. The third-order valence-corrected chi connectivity index (χ3v) is 3.28. The van der Waals surface area contributed by atoms with Crippen LogP contribution in [0.4, 0.5) is 0 Å². The molecule has 0 atom stereocenters. The van der Waals surface area contributed by atoms with Crippen molar-refractivity contribution in [2.24, 2.45) is 0 Å². The number of nitrogens with one attached hydrogen (secondary N) is 1. The summed E-state index contributed by atoms with van der Waals surface area (Å²) in [5, 5.41) is 11.8. The predicted molar refractivity (Wildman–Crippen MR) is 79.1 cm³/mol. The summed E-state index contributed by atoms with van der Waals surface area (Å²) in [6, 6.07) is 0.617. The van der Waals surface area contributed by atoms with Gasteiger partial charge >= 0.3 is 0 Å². The molecule has 0 bridgehead atoms. The molecule has 110 valence electrons. The van der Waals surface area contributed by atoms with Crippen LogP contribution in [0.5, 0.6) is 0 Å². The van der Waals surface area contributed by atoms with E-state index in [4.69, 9.17) is 0 Å². The first-order chi connectivity index (χ1) is 8.80. The minimum Gasteiger partial charge on any atom is -0.311 e. The van der Waals surface area contributed by atoms with Gasteiger partial charge in [-0.1, -0.05) is 5.21 Å². The van der Waals surface area contributed by atoms with E-state index in [1.807, 2.05) is 10.9 Å². The van der Waals surface area contributed by atoms with Gasteiger partial charge in [0.15, 0.2) is 0 Å². The van der Waals surface area contributed by atoms with Gasteiger partial charge in [-0.05, 0) is 61.2 Å². The van der Waals surface area contributed by atoms with E-state index in [0.29, 0.717) is 6.04 Å². The Morgan fingerprint density at radius 3 is 2.58 bits per heavy atom. The summed E-state index contributed by atoms with van der Waals surface area (Å²) in [7, 11) is 2.17. The van der Waals surface area contributed by atoms with Gasteiger partial charge in [0.1, 0.15) is 0 Å². The molecule has 5 nitrogen and oxygen atoms in total. The Morgan fingerprint density at radius 2 is 2.05 bits per heavy atom. The predicted octanol–water partition coefficient (Wildman–Crippen LogP) is 1.85. The topological polar surface area (TPSA) is 46.0 Å². The highest BCUT2D eigenvalue weighted by molar-refractivity contribution is 4.93. The SMILES string of the molecule is CC(C)N(C)CCCNCc1cn(C(C)(C)C)nn1. The third kappa shape index (κ3) is 5.70. The maximum atomic E-state index is 4.18. The molecular formula is C14H29N5. The zero-order valence-electron chi connectivity index (χ0n) is 13.3. The lowest BCUT2D eigenvalue weighted by atomic mass is 10.1. The van der Waals surface area contributed by atoms with Crippen LogP contribution in [0.15, 0.2) is 6.20 Å². The Morgan fingerprint density at radius 1 is 1.37 bits per heavy atom. The van der Waals surface area contributed by atoms with Gasteiger partial charge in [0.25, 0.3) is 0 Å². The molecule has 0 aromatic carbocycles. The van der Waals surface area contributed by atoms with Gasteiger partial charge in [0, 0.05) is 12.6 Å². The van der Waals surface area contributed by atoms with Crippen molar-refractivity contribution in [1.82, 2.24) is 25.2 Å². The fraction of sp³-hybridized carbons (Fsp3) is 0.857. The van der Waals surface area contributed by atoms with Crippen LogP contribution in [-0.4, -0.2) is 46.1 Å². The molecule has 1 heterocycles. The molecule has 0 saturated carbocycles. The standard InChI is InChI=1S/C14H29N5/c1-12(2)18(6)9-7-8-15-10-13-11-19(17-16-13)14(3,4)5/h11-12,15H,7-10H2,1-6H3. The van der Waals surface area contributed by atoms with Gasteiger partial charge < -0.3 is 10.2 Å². The molecule has 0 spiro atoms. The van der Waals surface area contributed by atoms with Crippen molar-refractivity contribution in [1.29, 1.82) is 0 Å². The average Bonchev–Trinajstić information content (AvgIpc) is 2.76. The smallest absolute Gasteiger partial charge is 0.0965 e. The van der Waals surface area contributed by atoms with Crippen molar-refractivity contribution in [3.8, 4) is 0 Å². The molecule has 1 aromatic heterocycles. The summed E-state index contributed by atoms with van der Waals surface area (Å²) in [5.74, 6) is 0. The zero-order valence-corrected chi connectivity index (χ0v) is 13.3. The molecule has 19 heavy (non-hydrogen) atoms. The Kier molecular flexibility index (Phi) is 5.94. The van der Waals surface area contributed by atoms with Crippen molar-refractivity contribution in [3.05, 3.63) is 11.9 Å². The van der Waals surface area contributed by atoms with E-state index in [2.05, 4.69) is 62.2 Å². The quantitative estimate of drug-likeness (QED) is 0.766. The number of aromatic nitrogens is 3. The minimum absolute atomic E-state index is 0.00518. The first-order valence-electron chi connectivity index (χ1n) is 7.13. The van der Waals surface area contributed by atoms with Crippen LogP contribution >= 0.6 is 0 Å². The third-order valence-electron chi connectivity index (χ3n) is 3.28. The molecule has 0 saturated heterocycles. The van der Waals surface area contributed by atoms with Gasteiger partial charge in [0.05, 0.1) is 17.4 Å². The highest BCUT2D eigenvalue weighted by Gasteiger charge is 2.14. The Labute approximate surface area is 117 Å². The van der Waals surface area contributed by atoms with Crippen molar-refractivity contribution in [3.63, 3.8) is 0 Å². The molecule has 0 radical (unpaired) electrons. The van der Waals surface area contributed by atoms with Crippen molar-refractivity contribution in [2.75, 3.05) is 20.1 Å². The fourth-order valence-electron chi connectivity index (χ4n) is 1.64. The summed E-state index contributed by atoms with van der Waals surface area (Å²) in [6.07, 6.45) is 3.18. The van der Waals surface area contributed by atoms with Gasteiger partial charge in [-0.3, -0.25) is 0 Å². The maximum absolute atomic E-state index is 4.18. The second-order valence-corrected chi connectivity index (χ2v) is 6.43. The average molecular weight is 267 g/mol. The van der Waals surface area contributed by atoms with Crippen molar-refractivity contribution in [2.45, 2.75) is 59.2 Å². The summed E-state index contributed by atoms with van der Waals surface area (Å²) < 4.78 is 1.91. The highest BCUT2D eigenvalue weighted by Crippen LogP contribution is 2.11. The van der Waals surface area contributed by atoms with E-state index in [1.165, 1.54) is 0 Å². The van der Waals surface area contributed by atoms with E-state index in [0.717, 1.165) is 31.7 Å². The van der Waals surface area contributed by atoms with Gasteiger partial charge in [-0.25, -0.2) is 4.68 Å². The molecule has 0 unspecified atom stereocenters. The number of rotatable bonds is 7. The zero-order chi connectivity index (χ0) is 14.5. The minimum atomic E-state index is 0.00518. The summed E-state index contributed by atoms with van der Waals surface area (Å²) in [5.41, 5.74) is 1.01. The van der Waals surface area contributed by atoms with Gasteiger partial charge in [-0.15, -0.1) is 5.10 Å².